The van der Waals surface area contributed by atoms with E-state index in [1.54, 1.807) is 12.3 Å². The molecule has 0 saturated carbocycles. The lowest BCUT2D eigenvalue weighted by Gasteiger charge is -2.09. The van der Waals surface area contributed by atoms with Gasteiger partial charge in [-0.2, -0.15) is 5.10 Å². The first-order chi connectivity index (χ1) is 13.7. The molecule has 0 unspecified atom stereocenters. The van der Waals surface area contributed by atoms with Crippen LogP contribution in [0.2, 0.25) is 0 Å². The smallest absolute Gasteiger partial charge is 0.277 e. The fourth-order valence-electron chi connectivity index (χ4n) is 2.37. The number of benzene rings is 3. The van der Waals surface area contributed by atoms with E-state index in [4.69, 9.17) is 9.47 Å². The van der Waals surface area contributed by atoms with E-state index < -0.39 is 0 Å². The summed E-state index contributed by atoms with van der Waals surface area (Å²) in [5.41, 5.74) is 4.30. The predicted octanol–water partition coefficient (Wildman–Crippen LogP) is 4.56. The molecule has 0 spiro atoms. The lowest BCUT2D eigenvalue weighted by molar-refractivity contribution is -0.123. The van der Waals surface area contributed by atoms with Crippen LogP contribution in [0.1, 0.15) is 11.1 Å². The van der Waals surface area contributed by atoms with E-state index in [1.165, 1.54) is 0 Å². The van der Waals surface area contributed by atoms with Crippen molar-refractivity contribution >= 4 is 28.1 Å². The van der Waals surface area contributed by atoms with Gasteiger partial charge in [0.05, 0.1) is 10.7 Å². The molecule has 0 bridgehead atoms. The van der Waals surface area contributed by atoms with Crippen LogP contribution >= 0.6 is 15.9 Å². The van der Waals surface area contributed by atoms with Crippen LogP contribution < -0.4 is 14.9 Å². The van der Waals surface area contributed by atoms with Gasteiger partial charge in [-0.25, -0.2) is 5.43 Å². The maximum atomic E-state index is 11.9. The first-order valence-corrected chi connectivity index (χ1v) is 9.46. The first kappa shape index (κ1) is 19.6. The van der Waals surface area contributed by atoms with Gasteiger partial charge < -0.3 is 9.47 Å². The standard InChI is InChI=1S/C22H19BrN2O3/c23-19-11-5-7-13-21(19)28-16-22(26)25-24-14-18-10-4-6-12-20(18)27-15-17-8-2-1-3-9-17/h1-14H,15-16H2,(H,25,26)/b24-14+. The van der Waals surface area contributed by atoms with Gasteiger partial charge in [0.2, 0.25) is 0 Å². The van der Waals surface area contributed by atoms with Gasteiger partial charge >= 0.3 is 0 Å². The Balaban J connectivity index is 1.52. The number of carbonyl (C=O) groups is 1. The van der Waals surface area contributed by atoms with Gasteiger partial charge in [0.25, 0.3) is 5.91 Å². The number of hydrogen-bond acceptors (Lipinski definition) is 4. The van der Waals surface area contributed by atoms with Crippen LogP contribution in [0, 0.1) is 0 Å². The lowest BCUT2D eigenvalue weighted by atomic mass is 10.2. The van der Waals surface area contributed by atoms with E-state index in [-0.39, 0.29) is 12.5 Å². The third-order valence-electron chi connectivity index (χ3n) is 3.74. The fourth-order valence-corrected chi connectivity index (χ4v) is 2.76. The highest BCUT2D eigenvalue weighted by Gasteiger charge is 2.05. The Bertz CT molecular complexity index is 945. The van der Waals surface area contributed by atoms with Crippen LogP contribution in [0.25, 0.3) is 0 Å². The highest BCUT2D eigenvalue weighted by molar-refractivity contribution is 9.10. The van der Waals surface area contributed by atoms with Crippen LogP contribution in [-0.4, -0.2) is 18.7 Å². The topological polar surface area (TPSA) is 59.9 Å². The molecule has 0 fully saturated rings. The summed E-state index contributed by atoms with van der Waals surface area (Å²) in [5.74, 6) is 0.935. The summed E-state index contributed by atoms with van der Waals surface area (Å²) >= 11 is 3.37. The fraction of sp³-hybridized carbons (Fsp3) is 0.0909. The number of carbonyl (C=O) groups excluding carboxylic acids is 1. The molecule has 6 heteroatoms. The molecule has 0 aliphatic carbocycles. The van der Waals surface area contributed by atoms with Gasteiger partial charge in [-0.3, -0.25) is 4.79 Å². The third-order valence-corrected chi connectivity index (χ3v) is 4.40. The van der Waals surface area contributed by atoms with E-state index in [0.29, 0.717) is 18.1 Å². The first-order valence-electron chi connectivity index (χ1n) is 8.67. The maximum absolute atomic E-state index is 11.9. The van der Waals surface area contributed by atoms with Gasteiger partial charge in [-0.05, 0) is 45.8 Å². The Labute approximate surface area is 172 Å². The molecule has 0 atom stereocenters. The van der Waals surface area contributed by atoms with E-state index in [0.717, 1.165) is 15.6 Å². The van der Waals surface area contributed by atoms with Crippen molar-refractivity contribution in [3.63, 3.8) is 0 Å². The van der Waals surface area contributed by atoms with E-state index in [1.807, 2.05) is 72.8 Å². The van der Waals surface area contributed by atoms with Crippen molar-refractivity contribution in [1.82, 2.24) is 5.43 Å². The Morgan fingerprint density at radius 3 is 2.36 bits per heavy atom. The number of nitrogens with one attached hydrogen (secondary N) is 1. The molecule has 3 rings (SSSR count). The normalized spacial score (nSPS) is 10.6. The summed E-state index contributed by atoms with van der Waals surface area (Å²) < 4.78 is 12.1. The summed E-state index contributed by atoms with van der Waals surface area (Å²) in [6.45, 7) is 0.323. The molecular weight excluding hydrogens is 420 g/mol. The summed E-state index contributed by atoms with van der Waals surface area (Å²) in [6.07, 6.45) is 1.55. The van der Waals surface area contributed by atoms with Gasteiger partial charge in [-0.1, -0.05) is 54.6 Å². The zero-order valence-corrected chi connectivity index (χ0v) is 16.6. The third kappa shape index (κ3) is 5.96. The Morgan fingerprint density at radius 1 is 0.893 bits per heavy atom. The summed E-state index contributed by atoms with van der Waals surface area (Å²) in [6, 6.07) is 24.7. The summed E-state index contributed by atoms with van der Waals surface area (Å²) in [7, 11) is 0. The number of hydrogen-bond donors (Lipinski definition) is 1. The van der Waals surface area contributed by atoms with Crippen molar-refractivity contribution in [1.29, 1.82) is 0 Å². The Kier molecular flexibility index (Phi) is 7.21. The van der Waals surface area contributed by atoms with Crippen molar-refractivity contribution < 1.29 is 14.3 Å². The molecular formula is C22H19BrN2O3. The minimum Gasteiger partial charge on any atom is -0.488 e. The lowest BCUT2D eigenvalue weighted by Crippen LogP contribution is -2.24. The zero-order chi connectivity index (χ0) is 19.6. The second-order valence-electron chi connectivity index (χ2n) is 5.82. The van der Waals surface area contributed by atoms with Crippen LogP contribution in [0.3, 0.4) is 0 Å². The molecule has 0 saturated heterocycles. The van der Waals surface area contributed by atoms with E-state index >= 15 is 0 Å². The van der Waals surface area contributed by atoms with Crippen molar-refractivity contribution in [2.45, 2.75) is 6.61 Å². The SMILES string of the molecule is O=C(COc1ccccc1Br)N/N=C/c1ccccc1OCc1ccccc1. The van der Waals surface area contributed by atoms with E-state index in [2.05, 4.69) is 26.5 Å². The molecule has 0 heterocycles. The van der Waals surface area contributed by atoms with Crippen LogP contribution in [0.4, 0.5) is 0 Å². The number of nitrogens with zero attached hydrogens (tertiary/aromatic N) is 1. The number of hydrazone groups is 1. The van der Waals surface area contributed by atoms with Crippen LogP contribution in [0.15, 0.2) is 88.4 Å². The van der Waals surface area contributed by atoms with E-state index in [9.17, 15) is 4.79 Å². The summed E-state index contributed by atoms with van der Waals surface area (Å²) in [4.78, 5) is 11.9. The minimum atomic E-state index is -0.352. The van der Waals surface area contributed by atoms with Gasteiger partial charge in [-0.15, -0.1) is 0 Å². The highest BCUT2D eigenvalue weighted by atomic mass is 79.9. The molecule has 5 nitrogen and oxygen atoms in total. The number of rotatable bonds is 8. The molecule has 142 valence electrons. The number of amides is 1. The molecule has 1 amide bonds. The van der Waals surface area contributed by atoms with Crippen LogP contribution in [0.5, 0.6) is 11.5 Å². The van der Waals surface area contributed by atoms with Crippen molar-refractivity contribution in [2.24, 2.45) is 5.10 Å². The number of ether oxygens (including phenoxy) is 2. The average Bonchev–Trinajstić information content (AvgIpc) is 2.73. The van der Waals surface area contributed by atoms with Gasteiger partial charge in [0.1, 0.15) is 18.1 Å². The molecule has 3 aromatic carbocycles. The number of para-hydroxylation sites is 2. The average molecular weight is 439 g/mol. The monoisotopic (exact) mass is 438 g/mol. The molecule has 0 aliphatic heterocycles. The Morgan fingerprint density at radius 2 is 1.57 bits per heavy atom. The van der Waals surface area contributed by atoms with Crippen molar-refractivity contribution in [3.05, 3.63) is 94.5 Å². The molecule has 3 aromatic rings. The highest BCUT2D eigenvalue weighted by Crippen LogP contribution is 2.23. The predicted molar refractivity (Wildman–Crippen MR) is 113 cm³/mol. The Hall–Kier alpha value is -3.12. The number of halogens is 1. The second-order valence-corrected chi connectivity index (χ2v) is 6.68. The van der Waals surface area contributed by atoms with Gasteiger partial charge in [0.15, 0.2) is 6.61 Å². The molecule has 28 heavy (non-hydrogen) atoms. The molecule has 1 N–H and O–H groups in total. The largest absolute Gasteiger partial charge is 0.488 e. The quantitative estimate of drug-likeness (QED) is 0.414. The van der Waals surface area contributed by atoms with Crippen molar-refractivity contribution in [3.8, 4) is 11.5 Å². The summed E-state index contributed by atoms with van der Waals surface area (Å²) in [5, 5.41) is 4.00. The van der Waals surface area contributed by atoms with Crippen molar-refractivity contribution in [2.75, 3.05) is 6.61 Å². The molecule has 0 aliphatic rings. The molecule has 0 radical (unpaired) electrons. The zero-order valence-electron chi connectivity index (χ0n) is 15.0. The second kappa shape index (κ2) is 10.3. The van der Waals surface area contributed by atoms with Crippen LogP contribution in [-0.2, 0) is 11.4 Å². The minimum absolute atomic E-state index is 0.133. The van der Waals surface area contributed by atoms with Gasteiger partial charge in [0, 0.05) is 5.56 Å². The molecule has 0 aromatic heterocycles. The maximum Gasteiger partial charge on any atom is 0.277 e.